The Kier molecular flexibility index (Phi) is 6.66. The Morgan fingerprint density at radius 1 is 1.33 bits per heavy atom. The number of nitrogens with one attached hydrogen (secondary N) is 1. The van der Waals surface area contributed by atoms with Crippen molar-refractivity contribution >= 4 is 11.6 Å². The number of benzene rings is 1. The van der Waals surface area contributed by atoms with Crippen LogP contribution in [0.15, 0.2) is 18.2 Å². The number of hydrogen-bond acceptors (Lipinski definition) is 1. The summed E-state index contributed by atoms with van der Waals surface area (Å²) in [4.78, 5) is 0. The highest BCUT2D eigenvalue weighted by Crippen LogP contribution is 2.21. The van der Waals surface area contributed by atoms with Crippen molar-refractivity contribution in [2.24, 2.45) is 5.92 Å². The zero-order valence-corrected chi connectivity index (χ0v) is 12.2. The van der Waals surface area contributed by atoms with E-state index in [-0.39, 0.29) is 5.82 Å². The molecule has 0 fully saturated rings. The van der Waals surface area contributed by atoms with Crippen molar-refractivity contribution < 1.29 is 4.39 Å². The standard InChI is InChI=1S/C15H23ClFN/c1-4-8-18-11(3)12(5-2)9-13-6-7-14(16)10-15(13)17/h6-7,10-12,18H,4-5,8-9H2,1-3H3. The van der Waals surface area contributed by atoms with Crippen LogP contribution in [0.25, 0.3) is 0 Å². The second-order valence-electron chi connectivity index (χ2n) is 4.85. The lowest BCUT2D eigenvalue weighted by Crippen LogP contribution is -2.35. The Morgan fingerprint density at radius 2 is 2.06 bits per heavy atom. The third-order valence-corrected chi connectivity index (χ3v) is 3.68. The van der Waals surface area contributed by atoms with Gasteiger partial charge in [0.15, 0.2) is 0 Å². The van der Waals surface area contributed by atoms with Crippen molar-refractivity contribution in [3.05, 3.63) is 34.6 Å². The molecule has 1 rings (SSSR count). The predicted octanol–water partition coefficient (Wildman–Crippen LogP) is 4.44. The van der Waals surface area contributed by atoms with E-state index in [1.165, 1.54) is 6.07 Å². The van der Waals surface area contributed by atoms with E-state index in [0.29, 0.717) is 17.0 Å². The minimum absolute atomic E-state index is 0.191. The van der Waals surface area contributed by atoms with Gasteiger partial charge >= 0.3 is 0 Å². The minimum atomic E-state index is -0.191. The fraction of sp³-hybridized carbons (Fsp3) is 0.600. The van der Waals surface area contributed by atoms with Crippen LogP contribution in [0, 0.1) is 11.7 Å². The molecule has 0 amide bonds. The van der Waals surface area contributed by atoms with Crippen molar-refractivity contribution in [3.63, 3.8) is 0 Å². The monoisotopic (exact) mass is 271 g/mol. The van der Waals surface area contributed by atoms with Crippen LogP contribution in [0.3, 0.4) is 0 Å². The highest BCUT2D eigenvalue weighted by atomic mass is 35.5. The lowest BCUT2D eigenvalue weighted by Gasteiger charge is -2.24. The van der Waals surface area contributed by atoms with E-state index in [2.05, 4.69) is 26.1 Å². The topological polar surface area (TPSA) is 12.0 Å². The van der Waals surface area contributed by atoms with E-state index in [1.54, 1.807) is 12.1 Å². The van der Waals surface area contributed by atoms with Crippen molar-refractivity contribution in [1.29, 1.82) is 0 Å². The van der Waals surface area contributed by atoms with Gasteiger partial charge in [0.05, 0.1) is 0 Å². The highest BCUT2D eigenvalue weighted by molar-refractivity contribution is 6.30. The van der Waals surface area contributed by atoms with Gasteiger partial charge in [0.2, 0.25) is 0 Å². The fourth-order valence-electron chi connectivity index (χ4n) is 2.18. The van der Waals surface area contributed by atoms with Crippen LogP contribution in [0.4, 0.5) is 4.39 Å². The van der Waals surface area contributed by atoms with E-state index >= 15 is 0 Å². The smallest absolute Gasteiger partial charge is 0.127 e. The number of rotatable bonds is 7. The quantitative estimate of drug-likeness (QED) is 0.773. The van der Waals surface area contributed by atoms with Crippen LogP contribution in [0.2, 0.25) is 5.02 Å². The summed E-state index contributed by atoms with van der Waals surface area (Å²) < 4.78 is 13.8. The largest absolute Gasteiger partial charge is 0.314 e. The average Bonchev–Trinajstić information content (AvgIpc) is 2.35. The molecule has 0 radical (unpaired) electrons. The molecule has 2 atom stereocenters. The van der Waals surface area contributed by atoms with Crippen molar-refractivity contribution in [3.8, 4) is 0 Å². The van der Waals surface area contributed by atoms with Gasteiger partial charge in [-0.1, -0.05) is 37.9 Å². The second kappa shape index (κ2) is 7.75. The van der Waals surface area contributed by atoms with Crippen LogP contribution < -0.4 is 5.32 Å². The van der Waals surface area contributed by atoms with Crippen LogP contribution in [0.1, 0.15) is 39.2 Å². The Hall–Kier alpha value is -0.600. The van der Waals surface area contributed by atoms with E-state index in [1.807, 2.05) is 0 Å². The molecule has 0 heterocycles. The number of halogens is 2. The molecule has 102 valence electrons. The molecule has 2 unspecified atom stereocenters. The zero-order chi connectivity index (χ0) is 13.5. The van der Waals surface area contributed by atoms with Gasteiger partial charge in [-0.2, -0.15) is 0 Å². The molecule has 1 aromatic carbocycles. The summed E-state index contributed by atoms with van der Waals surface area (Å²) in [6.07, 6.45) is 2.92. The van der Waals surface area contributed by atoms with Gasteiger partial charge in [-0.15, -0.1) is 0 Å². The molecule has 0 aliphatic heterocycles. The number of hydrogen-bond donors (Lipinski definition) is 1. The maximum Gasteiger partial charge on any atom is 0.127 e. The molecule has 0 bridgehead atoms. The molecule has 3 heteroatoms. The normalized spacial score (nSPS) is 14.5. The van der Waals surface area contributed by atoms with E-state index in [0.717, 1.165) is 31.4 Å². The van der Waals surface area contributed by atoms with Gasteiger partial charge < -0.3 is 5.32 Å². The van der Waals surface area contributed by atoms with Crippen LogP contribution in [-0.4, -0.2) is 12.6 Å². The molecule has 1 aromatic rings. The summed E-state index contributed by atoms with van der Waals surface area (Å²) in [5.74, 6) is 0.260. The molecule has 1 N–H and O–H groups in total. The zero-order valence-electron chi connectivity index (χ0n) is 11.5. The van der Waals surface area contributed by atoms with Crippen LogP contribution >= 0.6 is 11.6 Å². The second-order valence-corrected chi connectivity index (χ2v) is 5.29. The Balaban J connectivity index is 2.67. The first kappa shape index (κ1) is 15.5. The molecule has 0 aliphatic carbocycles. The lowest BCUT2D eigenvalue weighted by atomic mass is 9.90. The molecular weight excluding hydrogens is 249 g/mol. The molecule has 0 saturated carbocycles. The van der Waals surface area contributed by atoms with E-state index < -0.39 is 0 Å². The summed E-state index contributed by atoms with van der Waals surface area (Å²) in [6, 6.07) is 5.36. The van der Waals surface area contributed by atoms with Gasteiger partial charge in [-0.3, -0.25) is 0 Å². The molecule has 0 spiro atoms. The van der Waals surface area contributed by atoms with Crippen LogP contribution in [-0.2, 0) is 6.42 Å². The fourth-order valence-corrected chi connectivity index (χ4v) is 2.34. The van der Waals surface area contributed by atoms with E-state index in [4.69, 9.17) is 11.6 Å². The van der Waals surface area contributed by atoms with Gasteiger partial charge in [0.1, 0.15) is 5.82 Å². The molecular formula is C15H23ClFN. The van der Waals surface area contributed by atoms with Crippen molar-refractivity contribution in [1.82, 2.24) is 5.32 Å². The molecule has 18 heavy (non-hydrogen) atoms. The first-order valence-corrected chi connectivity index (χ1v) is 7.13. The molecule has 0 aliphatic rings. The van der Waals surface area contributed by atoms with E-state index in [9.17, 15) is 4.39 Å². The predicted molar refractivity (Wildman–Crippen MR) is 76.7 cm³/mol. The highest BCUT2D eigenvalue weighted by Gasteiger charge is 2.17. The maximum atomic E-state index is 13.8. The summed E-state index contributed by atoms with van der Waals surface area (Å²) >= 11 is 5.77. The first-order valence-electron chi connectivity index (χ1n) is 6.75. The van der Waals surface area contributed by atoms with Crippen molar-refractivity contribution in [2.75, 3.05) is 6.54 Å². The Labute approximate surface area is 115 Å². The summed E-state index contributed by atoms with van der Waals surface area (Å²) in [5.41, 5.74) is 0.761. The third kappa shape index (κ3) is 4.58. The average molecular weight is 272 g/mol. The first-order chi connectivity index (χ1) is 8.58. The molecule has 0 aromatic heterocycles. The van der Waals surface area contributed by atoms with Crippen LogP contribution in [0.5, 0.6) is 0 Å². The Morgan fingerprint density at radius 3 is 2.61 bits per heavy atom. The maximum absolute atomic E-state index is 13.8. The SMILES string of the molecule is CCCNC(C)C(CC)Cc1ccc(Cl)cc1F. The van der Waals surface area contributed by atoms with Gasteiger partial charge in [-0.05, 0) is 49.9 Å². The minimum Gasteiger partial charge on any atom is -0.314 e. The Bertz CT molecular complexity index is 368. The van der Waals surface area contributed by atoms with Gasteiger partial charge in [0, 0.05) is 11.1 Å². The molecule has 1 nitrogen and oxygen atoms in total. The summed E-state index contributed by atoms with van der Waals surface area (Å²) in [6.45, 7) is 7.50. The van der Waals surface area contributed by atoms with Gasteiger partial charge in [-0.25, -0.2) is 4.39 Å². The van der Waals surface area contributed by atoms with Crippen molar-refractivity contribution in [2.45, 2.75) is 46.1 Å². The summed E-state index contributed by atoms with van der Waals surface area (Å²) in [5, 5.41) is 3.95. The summed E-state index contributed by atoms with van der Waals surface area (Å²) in [7, 11) is 0. The molecule has 0 saturated heterocycles. The third-order valence-electron chi connectivity index (χ3n) is 3.45. The lowest BCUT2D eigenvalue weighted by molar-refractivity contribution is 0.358. The van der Waals surface area contributed by atoms with Gasteiger partial charge in [0.25, 0.3) is 0 Å².